The first kappa shape index (κ1) is 12.3. The Morgan fingerprint density at radius 2 is 2.11 bits per heavy atom. The third-order valence-corrected chi connectivity index (χ3v) is 4.23. The molecular formula is C15H12FNOS. The van der Waals surface area contributed by atoms with Crippen molar-refractivity contribution in [2.24, 2.45) is 0 Å². The minimum atomic E-state index is -1.26. The molecule has 0 amide bonds. The van der Waals surface area contributed by atoms with Crippen LogP contribution in [-0.4, -0.2) is 10.1 Å². The van der Waals surface area contributed by atoms with E-state index in [1.807, 2.05) is 29.6 Å². The number of aromatic nitrogens is 1. The van der Waals surface area contributed by atoms with Gasteiger partial charge in [-0.3, -0.25) is 4.98 Å². The van der Waals surface area contributed by atoms with E-state index in [1.165, 1.54) is 12.3 Å². The van der Waals surface area contributed by atoms with Crippen molar-refractivity contribution in [1.82, 2.24) is 4.98 Å². The highest BCUT2D eigenvalue weighted by atomic mass is 32.1. The Bertz CT molecular complexity index is 736. The van der Waals surface area contributed by atoms with E-state index in [2.05, 4.69) is 4.98 Å². The van der Waals surface area contributed by atoms with Gasteiger partial charge in [0.15, 0.2) is 0 Å². The molecule has 0 aliphatic heterocycles. The molecule has 19 heavy (non-hydrogen) atoms. The Morgan fingerprint density at radius 1 is 1.26 bits per heavy atom. The molecule has 2 aromatic heterocycles. The lowest BCUT2D eigenvalue weighted by Crippen LogP contribution is -2.23. The Labute approximate surface area is 114 Å². The van der Waals surface area contributed by atoms with Crippen LogP contribution in [0.4, 0.5) is 4.39 Å². The summed E-state index contributed by atoms with van der Waals surface area (Å²) in [6, 6.07) is 9.08. The molecular weight excluding hydrogens is 261 g/mol. The van der Waals surface area contributed by atoms with Crippen LogP contribution in [0.25, 0.3) is 10.1 Å². The summed E-state index contributed by atoms with van der Waals surface area (Å²) in [4.78, 5) is 3.81. The monoisotopic (exact) mass is 273 g/mol. The van der Waals surface area contributed by atoms with Crippen molar-refractivity contribution in [2.45, 2.75) is 12.5 Å². The van der Waals surface area contributed by atoms with E-state index in [-0.39, 0.29) is 0 Å². The zero-order chi connectivity index (χ0) is 13.5. The van der Waals surface area contributed by atoms with Crippen molar-refractivity contribution in [3.63, 3.8) is 0 Å². The molecule has 0 bridgehead atoms. The summed E-state index contributed by atoms with van der Waals surface area (Å²) in [7, 11) is 0. The second-order valence-electron chi connectivity index (χ2n) is 4.61. The SMILES string of the molecule is CC(O)(c1cncc(F)c1)c1cccc2ccsc12. The van der Waals surface area contributed by atoms with Gasteiger partial charge in [0.25, 0.3) is 0 Å². The van der Waals surface area contributed by atoms with Gasteiger partial charge in [0.2, 0.25) is 0 Å². The van der Waals surface area contributed by atoms with Gasteiger partial charge in [-0.05, 0) is 29.8 Å². The first-order valence-corrected chi connectivity index (χ1v) is 6.77. The predicted molar refractivity (Wildman–Crippen MR) is 74.7 cm³/mol. The molecule has 0 radical (unpaired) electrons. The van der Waals surface area contributed by atoms with Crippen LogP contribution in [0.1, 0.15) is 18.1 Å². The minimum absolute atomic E-state index is 0.448. The molecule has 0 aliphatic carbocycles. The quantitative estimate of drug-likeness (QED) is 0.772. The minimum Gasteiger partial charge on any atom is -0.381 e. The maximum Gasteiger partial charge on any atom is 0.141 e. The van der Waals surface area contributed by atoms with Gasteiger partial charge >= 0.3 is 0 Å². The average molecular weight is 273 g/mol. The van der Waals surface area contributed by atoms with Gasteiger partial charge in [-0.25, -0.2) is 4.39 Å². The van der Waals surface area contributed by atoms with Crippen LogP contribution in [0.5, 0.6) is 0 Å². The number of benzene rings is 1. The first-order valence-electron chi connectivity index (χ1n) is 5.89. The van der Waals surface area contributed by atoms with Gasteiger partial charge in [-0.15, -0.1) is 11.3 Å². The summed E-state index contributed by atoms with van der Waals surface area (Å²) in [6.07, 6.45) is 2.63. The van der Waals surface area contributed by atoms with Crippen LogP contribution >= 0.6 is 11.3 Å². The van der Waals surface area contributed by atoms with Crippen LogP contribution in [0.15, 0.2) is 48.1 Å². The maximum absolute atomic E-state index is 13.3. The van der Waals surface area contributed by atoms with Crippen LogP contribution in [0.3, 0.4) is 0 Å². The normalized spacial score (nSPS) is 14.5. The van der Waals surface area contributed by atoms with Crippen molar-refractivity contribution < 1.29 is 9.50 Å². The fraction of sp³-hybridized carbons (Fsp3) is 0.133. The largest absolute Gasteiger partial charge is 0.381 e. The summed E-state index contributed by atoms with van der Waals surface area (Å²) >= 11 is 1.57. The van der Waals surface area contributed by atoms with Gasteiger partial charge < -0.3 is 5.11 Å². The molecule has 2 heterocycles. The van der Waals surface area contributed by atoms with E-state index in [9.17, 15) is 9.50 Å². The number of pyridine rings is 1. The lowest BCUT2D eigenvalue weighted by Gasteiger charge is -2.24. The lowest BCUT2D eigenvalue weighted by atomic mass is 9.89. The molecule has 0 spiro atoms. The molecule has 1 N–H and O–H groups in total. The highest BCUT2D eigenvalue weighted by molar-refractivity contribution is 7.17. The molecule has 0 saturated carbocycles. The van der Waals surface area contributed by atoms with Crippen LogP contribution in [0, 0.1) is 5.82 Å². The average Bonchev–Trinajstić information content (AvgIpc) is 2.86. The van der Waals surface area contributed by atoms with Gasteiger partial charge in [0.05, 0.1) is 6.20 Å². The van der Waals surface area contributed by atoms with Crippen molar-refractivity contribution in [3.05, 3.63) is 65.0 Å². The summed E-state index contributed by atoms with van der Waals surface area (Å²) in [5.41, 5.74) is -0.0415. The number of nitrogens with zero attached hydrogens (tertiary/aromatic N) is 1. The maximum atomic E-state index is 13.3. The topological polar surface area (TPSA) is 33.1 Å². The molecule has 0 fully saturated rings. The first-order chi connectivity index (χ1) is 9.09. The van der Waals surface area contributed by atoms with E-state index in [0.717, 1.165) is 21.8 Å². The van der Waals surface area contributed by atoms with Crippen LogP contribution in [0.2, 0.25) is 0 Å². The molecule has 1 atom stereocenters. The number of rotatable bonds is 2. The molecule has 0 saturated heterocycles. The lowest BCUT2D eigenvalue weighted by molar-refractivity contribution is 0.103. The van der Waals surface area contributed by atoms with Gasteiger partial charge in [-0.2, -0.15) is 0 Å². The van der Waals surface area contributed by atoms with Gasteiger partial charge in [0, 0.05) is 22.0 Å². The van der Waals surface area contributed by atoms with Gasteiger partial charge in [-0.1, -0.05) is 18.2 Å². The molecule has 0 aliphatic rings. The van der Waals surface area contributed by atoms with Crippen molar-refractivity contribution in [2.75, 3.05) is 0 Å². The van der Waals surface area contributed by atoms with E-state index in [1.54, 1.807) is 18.3 Å². The summed E-state index contributed by atoms with van der Waals surface area (Å²) in [5.74, 6) is -0.448. The number of halogens is 1. The van der Waals surface area contributed by atoms with E-state index in [0.29, 0.717) is 5.56 Å². The highest BCUT2D eigenvalue weighted by Crippen LogP contribution is 2.36. The smallest absolute Gasteiger partial charge is 0.141 e. The van der Waals surface area contributed by atoms with Crippen molar-refractivity contribution in [1.29, 1.82) is 0 Å². The molecule has 3 aromatic rings. The highest BCUT2D eigenvalue weighted by Gasteiger charge is 2.28. The Morgan fingerprint density at radius 3 is 2.89 bits per heavy atom. The Balaban J connectivity index is 2.21. The Kier molecular flexibility index (Phi) is 2.84. The fourth-order valence-electron chi connectivity index (χ4n) is 2.21. The number of hydrogen-bond donors (Lipinski definition) is 1. The van der Waals surface area contributed by atoms with Gasteiger partial charge in [0.1, 0.15) is 11.4 Å². The molecule has 2 nitrogen and oxygen atoms in total. The van der Waals surface area contributed by atoms with Crippen LogP contribution in [-0.2, 0) is 5.60 Å². The second-order valence-corrected chi connectivity index (χ2v) is 5.52. The van der Waals surface area contributed by atoms with E-state index < -0.39 is 11.4 Å². The Hall–Kier alpha value is -1.78. The molecule has 1 unspecified atom stereocenters. The second kappa shape index (κ2) is 4.40. The zero-order valence-corrected chi connectivity index (χ0v) is 11.1. The van der Waals surface area contributed by atoms with Crippen molar-refractivity contribution in [3.8, 4) is 0 Å². The van der Waals surface area contributed by atoms with Crippen LogP contribution < -0.4 is 0 Å². The fourth-order valence-corrected chi connectivity index (χ4v) is 3.23. The third kappa shape index (κ3) is 2.03. The number of thiophene rings is 1. The number of aliphatic hydroxyl groups is 1. The molecule has 3 rings (SSSR count). The van der Waals surface area contributed by atoms with Crippen molar-refractivity contribution >= 4 is 21.4 Å². The van der Waals surface area contributed by atoms with E-state index >= 15 is 0 Å². The molecule has 4 heteroatoms. The summed E-state index contributed by atoms with van der Waals surface area (Å²) in [6.45, 7) is 1.66. The van der Waals surface area contributed by atoms with E-state index in [4.69, 9.17) is 0 Å². The molecule has 96 valence electrons. The predicted octanol–water partition coefficient (Wildman–Crippen LogP) is 3.69. The number of hydrogen-bond acceptors (Lipinski definition) is 3. The standard InChI is InChI=1S/C15H12FNOS/c1-15(18,11-7-12(16)9-17-8-11)13-4-2-3-10-5-6-19-14(10)13/h2-9,18H,1H3. The molecule has 1 aromatic carbocycles. The summed E-state index contributed by atoms with van der Waals surface area (Å²) in [5, 5.41) is 13.9. The zero-order valence-electron chi connectivity index (χ0n) is 10.3. The third-order valence-electron chi connectivity index (χ3n) is 3.27. The summed E-state index contributed by atoms with van der Waals surface area (Å²) < 4.78 is 14.3. The number of fused-ring (bicyclic) bond motifs is 1.